The molecule has 1 fully saturated rings. The van der Waals surface area contributed by atoms with Gasteiger partial charge in [-0.25, -0.2) is 0 Å². The summed E-state index contributed by atoms with van der Waals surface area (Å²) in [7, 11) is 1.64. The van der Waals surface area contributed by atoms with Crippen molar-refractivity contribution in [3.8, 4) is 5.88 Å². The first-order valence-electron chi connectivity index (χ1n) is 11.1. The number of likely N-dealkylation sites (N-methyl/N-ethyl adjacent to an activating group) is 1. The Morgan fingerprint density at radius 2 is 2.06 bits per heavy atom. The molecular weight excluding hydrogens is 438 g/mol. The Hall–Kier alpha value is -4.02. The fraction of sp³-hybridized carbons (Fsp3) is 0.391. The number of hydrogen-bond acceptors (Lipinski definition) is 7. The van der Waals surface area contributed by atoms with Crippen LogP contribution in [0.4, 0.5) is 0 Å². The summed E-state index contributed by atoms with van der Waals surface area (Å²) in [6, 6.07) is 0.0292. The zero-order valence-electron chi connectivity index (χ0n) is 19.3. The molecule has 0 aromatic carbocycles. The summed E-state index contributed by atoms with van der Waals surface area (Å²) in [4.78, 5) is 48.2. The lowest BCUT2D eigenvalue weighted by Crippen LogP contribution is -2.36. The smallest absolute Gasteiger partial charge is 0.270 e. The molecule has 0 aliphatic heterocycles. The van der Waals surface area contributed by atoms with Gasteiger partial charge in [0, 0.05) is 43.7 Å². The molecule has 0 bridgehead atoms. The minimum absolute atomic E-state index is 0.0292. The highest BCUT2D eigenvalue weighted by molar-refractivity contribution is 5.97. The van der Waals surface area contributed by atoms with E-state index in [4.69, 9.17) is 0 Å². The molecule has 0 unspecified atom stereocenters. The number of nitrogens with zero attached hydrogens (tertiary/aromatic N) is 6. The van der Waals surface area contributed by atoms with Crippen molar-refractivity contribution in [2.45, 2.75) is 45.8 Å². The Kier molecular flexibility index (Phi) is 6.44. The summed E-state index contributed by atoms with van der Waals surface area (Å²) in [6.07, 6.45) is 10.8. The van der Waals surface area contributed by atoms with Gasteiger partial charge in [-0.3, -0.25) is 28.9 Å². The monoisotopic (exact) mass is 465 g/mol. The third kappa shape index (κ3) is 4.82. The van der Waals surface area contributed by atoms with Crippen molar-refractivity contribution in [2.24, 2.45) is 5.92 Å². The fourth-order valence-corrected chi connectivity index (χ4v) is 3.57. The highest BCUT2D eigenvalue weighted by atomic mass is 16.3. The Labute approximate surface area is 195 Å². The van der Waals surface area contributed by atoms with Gasteiger partial charge in [-0.05, 0) is 24.8 Å². The average molecular weight is 466 g/mol. The third-order valence-electron chi connectivity index (χ3n) is 5.39. The number of carbonyl (C=O) groups excluding carboxylic acids is 2. The summed E-state index contributed by atoms with van der Waals surface area (Å²) in [5.74, 6) is -1.34. The number of rotatable bonds is 8. The number of aromatic hydroxyl groups is 1. The summed E-state index contributed by atoms with van der Waals surface area (Å²) in [6.45, 7) is 4.47. The van der Waals surface area contributed by atoms with Crippen molar-refractivity contribution in [1.29, 1.82) is 0 Å². The molecule has 4 rings (SSSR count). The second-order valence-corrected chi connectivity index (χ2v) is 8.82. The number of aromatic nitrogens is 5. The van der Waals surface area contributed by atoms with Gasteiger partial charge >= 0.3 is 0 Å². The molecule has 3 aromatic heterocycles. The summed E-state index contributed by atoms with van der Waals surface area (Å²) in [5.41, 5.74) is 0.482. The summed E-state index contributed by atoms with van der Waals surface area (Å²) in [5, 5.41) is 17.7. The van der Waals surface area contributed by atoms with Crippen LogP contribution in [0, 0.1) is 5.92 Å². The van der Waals surface area contributed by atoms with Crippen molar-refractivity contribution >= 4 is 23.5 Å². The lowest BCUT2D eigenvalue weighted by Gasteiger charge is -2.15. The largest absolute Gasteiger partial charge is 0.492 e. The maximum atomic E-state index is 13.3. The van der Waals surface area contributed by atoms with E-state index in [1.54, 1.807) is 25.6 Å². The van der Waals surface area contributed by atoms with Gasteiger partial charge in [-0.15, -0.1) is 0 Å². The number of hydrogen-bond donors (Lipinski definition) is 2. The lowest BCUT2D eigenvalue weighted by atomic mass is 10.2. The van der Waals surface area contributed by atoms with Gasteiger partial charge in [0.2, 0.25) is 11.8 Å². The van der Waals surface area contributed by atoms with Gasteiger partial charge in [0.05, 0.1) is 24.6 Å². The van der Waals surface area contributed by atoms with E-state index in [9.17, 15) is 19.5 Å². The number of fused-ring (bicyclic) bond motifs is 1. The first-order chi connectivity index (χ1) is 16.3. The molecular formula is C23H27N7O4. The molecule has 3 heterocycles. The Morgan fingerprint density at radius 3 is 2.71 bits per heavy atom. The van der Waals surface area contributed by atoms with Crippen LogP contribution in [0.5, 0.6) is 5.88 Å². The second-order valence-electron chi connectivity index (χ2n) is 8.82. The van der Waals surface area contributed by atoms with Crippen LogP contribution in [0.2, 0.25) is 0 Å². The molecule has 34 heavy (non-hydrogen) atoms. The van der Waals surface area contributed by atoms with E-state index in [0.717, 1.165) is 12.8 Å². The first-order valence-corrected chi connectivity index (χ1v) is 11.1. The van der Waals surface area contributed by atoms with Crippen molar-refractivity contribution in [3.63, 3.8) is 0 Å². The highest BCUT2D eigenvalue weighted by Crippen LogP contribution is 2.23. The van der Waals surface area contributed by atoms with Gasteiger partial charge in [-0.2, -0.15) is 9.61 Å². The van der Waals surface area contributed by atoms with E-state index >= 15 is 0 Å². The summed E-state index contributed by atoms with van der Waals surface area (Å²) < 4.78 is 2.59. The maximum absolute atomic E-state index is 13.3. The first kappa shape index (κ1) is 23.1. The van der Waals surface area contributed by atoms with E-state index in [1.165, 1.54) is 32.3 Å². The molecule has 0 atom stereocenters. The van der Waals surface area contributed by atoms with Crippen LogP contribution in [0.15, 0.2) is 35.7 Å². The van der Waals surface area contributed by atoms with E-state index in [2.05, 4.69) is 20.4 Å². The van der Waals surface area contributed by atoms with E-state index in [-0.39, 0.29) is 30.0 Å². The van der Waals surface area contributed by atoms with Crippen LogP contribution >= 0.6 is 0 Å². The van der Waals surface area contributed by atoms with Crippen LogP contribution in [0.1, 0.15) is 48.3 Å². The Balaban J connectivity index is 1.68. The molecule has 2 amide bonds. The summed E-state index contributed by atoms with van der Waals surface area (Å²) >= 11 is 0. The molecule has 178 valence electrons. The third-order valence-corrected chi connectivity index (χ3v) is 5.39. The van der Waals surface area contributed by atoms with Gasteiger partial charge < -0.3 is 15.3 Å². The zero-order valence-corrected chi connectivity index (χ0v) is 19.3. The minimum atomic E-state index is -0.613. The Morgan fingerprint density at radius 1 is 1.29 bits per heavy atom. The maximum Gasteiger partial charge on any atom is 0.270 e. The van der Waals surface area contributed by atoms with Crippen molar-refractivity contribution < 1.29 is 14.7 Å². The van der Waals surface area contributed by atoms with Crippen LogP contribution in [-0.4, -0.2) is 59.1 Å². The highest BCUT2D eigenvalue weighted by Gasteiger charge is 2.29. The van der Waals surface area contributed by atoms with E-state index in [0.29, 0.717) is 23.4 Å². The van der Waals surface area contributed by atoms with Crippen molar-refractivity contribution in [1.82, 2.24) is 34.4 Å². The average Bonchev–Trinajstić information content (AvgIpc) is 3.50. The van der Waals surface area contributed by atoms with Gasteiger partial charge in [-0.1, -0.05) is 13.8 Å². The topological polar surface area (TPSA) is 135 Å². The molecule has 2 N–H and O–H groups in total. The van der Waals surface area contributed by atoms with Gasteiger partial charge in [0.1, 0.15) is 5.65 Å². The molecule has 0 saturated heterocycles. The fourth-order valence-electron chi connectivity index (χ4n) is 3.57. The standard InChI is InChI=1S/C23H27N7O4/c1-14(2)12-29-21-15(4-7-18(31)28(3)13-17-11-24-8-9-25-17)10-26-30(21)23(34)19(22(29)33)20(32)27-16-5-6-16/h4,7-11,14,16,34H,5-6,12-13H2,1-3H3,(H,27,32). The second kappa shape index (κ2) is 9.46. The Bertz CT molecular complexity index is 1310. The zero-order chi connectivity index (χ0) is 24.4. The van der Waals surface area contributed by atoms with Crippen molar-refractivity contribution in [3.05, 3.63) is 58.0 Å². The number of nitrogens with one attached hydrogen (secondary N) is 1. The van der Waals surface area contributed by atoms with Crippen molar-refractivity contribution in [2.75, 3.05) is 7.05 Å². The molecule has 0 radical (unpaired) electrons. The van der Waals surface area contributed by atoms with E-state index < -0.39 is 17.3 Å². The predicted octanol–water partition coefficient (Wildman–Crippen LogP) is 1.21. The minimum Gasteiger partial charge on any atom is -0.492 e. The van der Waals surface area contributed by atoms with Crippen LogP contribution in [-0.2, 0) is 17.9 Å². The molecule has 11 heteroatoms. The quantitative estimate of drug-likeness (QED) is 0.478. The molecule has 0 spiro atoms. The van der Waals surface area contributed by atoms with Gasteiger partial charge in [0.25, 0.3) is 11.5 Å². The predicted molar refractivity (Wildman–Crippen MR) is 124 cm³/mol. The molecule has 11 nitrogen and oxygen atoms in total. The normalized spacial score (nSPS) is 13.6. The molecule has 1 aliphatic carbocycles. The van der Waals surface area contributed by atoms with Crippen LogP contribution < -0.4 is 10.9 Å². The van der Waals surface area contributed by atoms with Gasteiger partial charge in [0.15, 0.2) is 5.56 Å². The molecule has 1 aliphatic rings. The van der Waals surface area contributed by atoms with Crippen LogP contribution in [0.25, 0.3) is 11.7 Å². The van der Waals surface area contributed by atoms with Crippen LogP contribution in [0.3, 0.4) is 0 Å². The lowest BCUT2D eigenvalue weighted by molar-refractivity contribution is -0.125. The number of carbonyl (C=O) groups is 2. The SMILES string of the molecule is CC(C)Cn1c(=O)c(C(=O)NC2CC2)c(O)n2ncc(C=CC(=O)N(C)Cc3cnccn3)c12. The molecule has 1 saturated carbocycles. The number of amides is 2. The molecule has 3 aromatic rings. The van der Waals surface area contributed by atoms with E-state index in [1.807, 2.05) is 13.8 Å².